The average molecular weight is 473 g/mol. The average Bonchev–Trinajstić information content (AvgIpc) is 2.86. The van der Waals surface area contributed by atoms with E-state index in [1.807, 2.05) is 60.7 Å². The Kier molecular flexibility index (Phi) is 11.6. The van der Waals surface area contributed by atoms with Gasteiger partial charge in [-0.3, -0.25) is 9.59 Å². The Bertz CT molecular complexity index is 889. The van der Waals surface area contributed by atoms with E-state index in [0.717, 1.165) is 11.1 Å². The summed E-state index contributed by atoms with van der Waals surface area (Å²) in [6, 6.07) is 17.8. The SMILES string of the molecule is CCOC(=O)CN(CC(NC(=O)OCc1ccccc1)c1ccccc1)C(=O)CC(OC)OC. The number of methoxy groups -OCH3 is 2. The van der Waals surface area contributed by atoms with Gasteiger partial charge in [-0.2, -0.15) is 0 Å². The monoisotopic (exact) mass is 472 g/mol. The Labute approximate surface area is 199 Å². The lowest BCUT2D eigenvalue weighted by Crippen LogP contribution is -2.44. The Hall–Kier alpha value is -3.43. The van der Waals surface area contributed by atoms with Crippen LogP contribution >= 0.6 is 0 Å². The minimum Gasteiger partial charge on any atom is -0.465 e. The number of benzene rings is 2. The third kappa shape index (κ3) is 9.21. The van der Waals surface area contributed by atoms with Crippen molar-refractivity contribution in [3.05, 3.63) is 71.8 Å². The summed E-state index contributed by atoms with van der Waals surface area (Å²) in [4.78, 5) is 39.1. The van der Waals surface area contributed by atoms with E-state index in [1.165, 1.54) is 19.1 Å². The van der Waals surface area contributed by atoms with Crippen LogP contribution in [0.3, 0.4) is 0 Å². The molecular formula is C25H32N2O7. The molecule has 34 heavy (non-hydrogen) atoms. The van der Waals surface area contributed by atoms with Crippen LogP contribution < -0.4 is 5.32 Å². The van der Waals surface area contributed by atoms with Crippen molar-refractivity contribution in [1.82, 2.24) is 10.2 Å². The molecule has 2 amide bonds. The predicted molar refractivity (Wildman–Crippen MR) is 125 cm³/mol. The van der Waals surface area contributed by atoms with Crippen LogP contribution in [0, 0.1) is 0 Å². The number of esters is 1. The molecular weight excluding hydrogens is 440 g/mol. The van der Waals surface area contributed by atoms with Gasteiger partial charge in [-0.05, 0) is 18.1 Å². The Balaban J connectivity index is 2.17. The molecule has 1 unspecified atom stereocenters. The van der Waals surface area contributed by atoms with E-state index in [-0.39, 0.29) is 38.6 Å². The molecule has 2 aromatic carbocycles. The molecule has 184 valence electrons. The van der Waals surface area contributed by atoms with Gasteiger partial charge in [-0.15, -0.1) is 0 Å². The van der Waals surface area contributed by atoms with Crippen LogP contribution in [0.5, 0.6) is 0 Å². The molecule has 2 aromatic rings. The van der Waals surface area contributed by atoms with E-state index in [1.54, 1.807) is 6.92 Å². The summed E-state index contributed by atoms with van der Waals surface area (Å²) in [5, 5.41) is 2.81. The first-order valence-electron chi connectivity index (χ1n) is 11.0. The lowest BCUT2D eigenvalue weighted by atomic mass is 10.1. The van der Waals surface area contributed by atoms with E-state index < -0.39 is 24.4 Å². The largest absolute Gasteiger partial charge is 0.465 e. The maximum absolute atomic E-state index is 13.0. The van der Waals surface area contributed by atoms with E-state index in [4.69, 9.17) is 18.9 Å². The molecule has 0 bridgehead atoms. The summed E-state index contributed by atoms with van der Waals surface area (Å²) in [5.41, 5.74) is 1.59. The van der Waals surface area contributed by atoms with Crippen molar-refractivity contribution in [2.24, 2.45) is 0 Å². The number of amides is 2. The highest BCUT2D eigenvalue weighted by Gasteiger charge is 2.26. The van der Waals surface area contributed by atoms with Crippen LogP contribution in [-0.2, 0) is 35.1 Å². The summed E-state index contributed by atoms with van der Waals surface area (Å²) in [6.07, 6.45) is -1.52. The molecule has 0 aliphatic rings. The molecule has 2 rings (SSSR count). The highest BCUT2D eigenvalue weighted by molar-refractivity contribution is 5.82. The zero-order valence-corrected chi connectivity index (χ0v) is 19.8. The molecule has 0 fully saturated rings. The Morgan fingerprint density at radius 2 is 1.53 bits per heavy atom. The second-order valence-electron chi connectivity index (χ2n) is 7.35. The minimum absolute atomic E-state index is 0.0161. The highest BCUT2D eigenvalue weighted by Crippen LogP contribution is 2.17. The number of rotatable bonds is 13. The molecule has 0 radical (unpaired) electrons. The standard InChI is InChI=1S/C25H32N2O7/c1-4-33-23(29)17-27(22(28)15-24(31-2)32-3)16-21(20-13-9-6-10-14-20)26-25(30)34-18-19-11-7-5-8-12-19/h5-14,21,24H,4,15-18H2,1-3H3,(H,26,30). The van der Waals surface area contributed by atoms with Gasteiger partial charge in [0.25, 0.3) is 0 Å². The number of ether oxygens (including phenoxy) is 4. The second-order valence-corrected chi connectivity index (χ2v) is 7.35. The van der Waals surface area contributed by atoms with Crippen LogP contribution in [-0.4, -0.2) is 63.1 Å². The molecule has 0 aliphatic carbocycles. The predicted octanol–water partition coefficient (Wildman–Crippen LogP) is 3.05. The van der Waals surface area contributed by atoms with Crippen molar-refractivity contribution in [2.45, 2.75) is 32.3 Å². The van der Waals surface area contributed by atoms with E-state index in [0.29, 0.717) is 0 Å². The number of hydrogen-bond donors (Lipinski definition) is 1. The van der Waals surface area contributed by atoms with Crippen molar-refractivity contribution >= 4 is 18.0 Å². The molecule has 9 nitrogen and oxygen atoms in total. The van der Waals surface area contributed by atoms with Crippen molar-refractivity contribution in [2.75, 3.05) is 33.9 Å². The van der Waals surface area contributed by atoms with Crippen LogP contribution in [0.4, 0.5) is 4.79 Å². The van der Waals surface area contributed by atoms with Gasteiger partial charge < -0.3 is 29.2 Å². The molecule has 0 saturated heterocycles. The summed E-state index contributed by atoms with van der Waals surface area (Å²) in [6.45, 7) is 1.71. The van der Waals surface area contributed by atoms with Gasteiger partial charge in [-0.1, -0.05) is 60.7 Å². The fourth-order valence-electron chi connectivity index (χ4n) is 3.20. The summed E-state index contributed by atoms with van der Waals surface area (Å²) in [5.74, 6) is -0.942. The van der Waals surface area contributed by atoms with Crippen molar-refractivity contribution in [3.63, 3.8) is 0 Å². The zero-order valence-electron chi connectivity index (χ0n) is 19.8. The fraction of sp³-hybridized carbons (Fsp3) is 0.400. The van der Waals surface area contributed by atoms with E-state index in [2.05, 4.69) is 5.32 Å². The second kappa shape index (κ2) is 14.7. The van der Waals surface area contributed by atoms with Crippen LogP contribution in [0.25, 0.3) is 0 Å². The quantitative estimate of drug-likeness (QED) is 0.353. The molecule has 0 aliphatic heterocycles. The third-order valence-electron chi connectivity index (χ3n) is 4.95. The van der Waals surface area contributed by atoms with Crippen LogP contribution in [0.2, 0.25) is 0 Å². The van der Waals surface area contributed by atoms with Crippen molar-refractivity contribution < 1.29 is 33.3 Å². The first-order valence-corrected chi connectivity index (χ1v) is 11.0. The van der Waals surface area contributed by atoms with Crippen LogP contribution in [0.15, 0.2) is 60.7 Å². The Morgan fingerprint density at radius 1 is 0.912 bits per heavy atom. The van der Waals surface area contributed by atoms with Crippen LogP contribution in [0.1, 0.15) is 30.5 Å². The van der Waals surface area contributed by atoms with E-state index in [9.17, 15) is 14.4 Å². The Morgan fingerprint density at radius 3 is 2.12 bits per heavy atom. The van der Waals surface area contributed by atoms with E-state index >= 15 is 0 Å². The number of carbonyl (C=O) groups excluding carboxylic acids is 3. The van der Waals surface area contributed by atoms with Gasteiger partial charge in [0, 0.05) is 20.8 Å². The lowest BCUT2D eigenvalue weighted by molar-refractivity contribution is -0.155. The third-order valence-corrected chi connectivity index (χ3v) is 4.95. The summed E-state index contributed by atoms with van der Waals surface area (Å²) >= 11 is 0. The number of nitrogens with one attached hydrogen (secondary N) is 1. The fourth-order valence-corrected chi connectivity index (χ4v) is 3.20. The molecule has 0 heterocycles. The van der Waals surface area contributed by atoms with Crippen molar-refractivity contribution in [1.29, 1.82) is 0 Å². The van der Waals surface area contributed by atoms with Gasteiger partial charge in [0.15, 0.2) is 6.29 Å². The number of carbonyl (C=O) groups is 3. The maximum Gasteiger partial charge on any atom is 0.408 e. The number of nitrogens with zero attached hydrogens (tertiary/aromatic N) is 1. The zero-order chi connectivity index (χ0) is 24.8. The lowest BCUT2D eigenvalue weighted by Gasteiger charge is -2.28. The van der Waals surface area contributed by atoms with Gasteiger partial charge in [-0.25, -0.2) is 4.79 Å². The molecule has 9 heteroatoms. The van der Waals surface area contributed by atoms with Crippen molar-refractivity contribution in [3.8, 4) is 0 Å². The first kappa shape index (κ1) is 26.8. The smallest absolute Gasteiger partial charge is 0.408 e. The molecule has 1 atom stereocenters. The molecule has 0 saturated carbocycles. The van der Waals surface area contributed by atoms with Gasteiger partial charge in [0.05, 0.1) is 19.1 Å². The van der Waals surface area contributed by atoms with Gasteiger partial charge >= 0.3 is 12.1 Å². The maximum atomic E-state index is 13.0. The summed E-state index contributed by atoms with van der Waals surface area (Å²) < 4.78 is 20.6. The number of alkyl carbamates (subject to hydrolysis) is 1. The number of hydrogen-bond acceptors (Lipinski definition) is 7. The molecule has 0 aromatic heterocycles. The summed E-state index contributed by atoms with van der Waals surface area (Å²) in [7, 11) is 2.85. The highest BCUT2D eigenvalue weighted by atomic mass is 16.7. The van der Waals surface area contributed by atoms with Gasteiger partial charge in [0.1, 0.15) is 13.2 Å². The molecule has 1 N–H and O–H groups in total. The van der Waals surface area contributed by atoms with Gasteiger partial charge in [0.2, 0.25) is 5.91 Å². The minimum atomic E-state index is -0.767. The topological polar surface area (TPSA) is 103 Å². The first-order chi connectivity index (χ1) is 16.5. The normalized spacial score (nSPS) is 11.5. The molecule has 0 spiro atoms.